The van der Waals surface area contributed by atoms with E-state index in [0.717, 1.165) is 22.9 Å². The number of fused-ring (bicyclic) bond motifs is 1. The Labute approximate surface area is 87.9 Å². The van der Waals surface area contributed by atoms with Gasteiger partial charge in [-0.15, -0.1) is 6.58 Å². The maximum Gasteiger partial charge on any atom is 0.162 e. The molecule has 0 spiro atoms. The molecule has 0 saturated heterocycles. The Morgan fingerprint density at radius 1 is 1.33 bits per heavy atom. The van der Waals surface area contributed by atoms with Crippen LogP contribution in [0.4, 0.5) is 0 Å². The molecular formula is C11H12N4. The minimum atomic E-state index is 0.473. The number of hydrogen-bond acceptors (Lipinski definition) is 4. The zero-order chi connectivity index (χ0) is 10.7. The van der Waals surface area contributed by atoms with E-state index >= 15 is 0 Å². The molecule has 0 aliphatic carbocycles. The molecular weight excluding hydrogens is 188 g/mol. The zero-order valence-electron chi connectivity index (χ0n) is 8.35. The molecule has 15 heavy (non-hydrogen) atoms. The Morgan fingerprint density at radius 3 is 2.93 bits per heavy atom. The number of allylic oxidation sites excluding steroid dienone is 1. The molecule has 0 aliphatic rings. The van der Waals surface area contributed by atoms with Crippen molar-refractivity contribution in [3.05, 3.63) is 42.5 Å². The second-order valence-electron chi connectivity index (χ2n) is 3.22. The van der Waals surface area contributed by atoms with Gasteiger partial charge in [-0.25, -0.2) is 15.0 Å². The molecule has 0 unspecified atom stereocenters. The van der Waals surface area contributed by atoms with E-state index < -0.39 is 0 Å². The lowest BCUT2D eigenvalue weighted by molar-refractivity contribution is 1.01. The van der Waals surface area contributed by atoms with Crippen molar-refractivity contribution >= 4 is 11.0 Å². The highest BCUT2D eigenvalue weighted by molar-refractivity contribution is 5.78. The molecule has 4 heteroatoms. The van der Waals surface area contributed by atoms with E-state index in [2.05, 4.69) is 21.5 Å². The monoisotopic (exact) mass is 200 g/mol. The van der Waals surface area contributed by atoms with Gasteiger partial charge in [-0.05, 0) is 17.5 Å². The molecule has 0 amide bonds. The first-order valence-corrected chi connectivity index (χ1v) is 4.74. The van der Waals surface area contributed by atoms with Crippen molar-refractivity contribution in [2.45, 2.75) is 13.0 Å². The van der Waals surface area contributed by atoms with Gasteiger partial charge in [0.05, 0.1) is 0 Å². The van der Waals surface area contributed by atoms with Gasteiger partial charge < -0.3 is 5.73 Å². The molecule has 2 heterocycles. The third kappa shape index (κ3) is 1.71. The fourth-order valence-electron chi connectivity index (χ4n) is 1.59. The van der Waals surface area contributed by atoms with Crippen LogP contribution in [0.5, 0.6) is 0 Å². The summed E-state index contributed by atoms with van der Waals surface area (Å²) < 4.78 is 0. The average Bonchev–Trinajstić information content (AvgIpc) is 2.30. The zero-order valence-corrected chi connectivity index (χ0v) is 8.35. The van der Waals surface area contributed by atoms with E-state index in [0.29, 0.717) is 12.2 Å². The number of pyridine rings is 1. The quantitative estimate of drug-likeness (QED) is 0.756. The fourth-order valence-corrected chi connectivity index (χ4v) is 1.59. The van der Waals surface area contributed by atoms with Crippen molar-refractivity contribution in [3.63, 3.8) is 0 Å². The third-order valence-electron chi connectivity index (χ3n) is 2.32. The number of rotatable bonds is 3. The van der Waals surface area contributed by atoms with Crippen LogP contribution in [0.25, 0.3) is 11.0 Å². The van der Waals surface area contributed by atoms with Crippen LogP contribution in [0, 0.1) is 0 Å². The van der Waals surface area contributed by atoms with Crippen LogP contribution in [0.3, 0.4) is 0 Å². The predicted molar refractivity (Wildman–Crippen MR) is 59.1 cm³/mol. The largest absolute Gasteiger partial charge is 0.326 e. The van der Waals surface area contributed by atoms with Crippen molar-refractivity contribution in [1.29, 1.82) is 0 Å². The van der Waals surface area contributed by atoms with Gasteiger partial charge in [0.2, 0.25) is 0 Å². The van der Waals surface area contributed by atoms with Crippen molar-refractivity contribution in [1.82, 2.24) is 15.0 Å². The number of hydrogen-bond donors (Lipinski definition) is 1. The van der Waals surface area contributed by atoms with Crippen LogP contribution in [-0.4, -0.2) is 15.0 Å². The summed E-state index contributed by atoms with van der Waals surface area (Å²) in [6.07, 6.45) is 7.65. The standard InChI is InChI=1S/C11H12N4/c1-2-3-9-8(4-12)5-14-11-10(9)6-13-7-15-11/h2,5-7H,1,3-4,12H2. The summed E-state index contributed by atoms with van der Waals surface area (Å²) in [5, 5.41) is 0.959. The van der Waals surface area contributed by atoms with Gasteiger partial charge in [0.25, 0.3) is 0 Å². The number of nitrogens with two attached hydrogens (primary N) is 1. The molecule has 2 N–H and O–H groups in total. The van der Waals surface area contributed by atoms with Crippen LogP contribution in [0.1, 0.15) is 11.1 Å². The second kappa shape index (κ2) is 4.14. The maximum atomic E-state index is 5.66. The molecule has 2 rings (SSSR count). The summed E-state index contributed by atoms with van der Waals surface area (Å²) in [7, 11) is 0. The SMILES string of the molecule is C=CCc1c(CN)cnc2ncncc12. The Hall–Kier alpha value is -1.81. The molecule has 2 aromatic rings. The first-order valence-electron chi connectivity index (χ1n) is 4.74. The molecule has 4 nitrogen and oxygen atoms in total. The van der Waals surface area contributed by atoms with Crippen LogP contribution in [0.2, 0.25) is 0 Å². The van der Waals surface area contributed by atoms with E-state index in [1.54, 1.807) is 12.4 Å². The first-order chi connectivity index (χ1) is 7.36. The predicted octanol–water partition coefficient (Wildman–Crippen LogP) is 1.21. The van der Waals surface area contributed by atoms with Gasteiger partial charge in [0.1, 0.15) is 6.33 Å². The van der Waals surface area contributed by atoms with Crippen LogP contribution in [0.15, 0.2) is 31.4 Å². The summed E-state index contributed by atoms with van der Waals surface area (Å²) in [6, 6.07) is 0. The Bertz CT molecular complexity index is 493. The maximum absolute atomic E-state index is 5.66. The van der Waals surface area contributed by atoms with Gasteiger partial charge >= 0.3 is 0 Å². The van der Waals surface area contributed by atoms with E-state index in [1.807, 2.05) is 6.08 Å². The van der Waals surface area contributed by atoms with E-state index in [4.69, 9.17) is 5.73 Å². The highest BCUT2D eigenvalue weighted by Crippen LogP contribution is 2.18. The summed E-state index contributed by atoms with van der Waals surface area (Å²) in [4.78, 5) is 12.3. The van der Waals surface area contributed by atoms with Crippen molar-refractivity contribution in [3.8, 4) is 0 Å². The smallest absolute Gasteiger partial charge is 0.162 e. The van der Waals surface area contributed by atoms with Gasteiger partial charge in [-0.2, -0.15) is 0 Å². The summed E-state index contributed by atoms with van der Waals surface area (Å²) in [5.74, 6) is 0. The van der Waals surface area contributed by atoms with E-state index in [1.165, 1.54) is 6.33 Å². The van der Waals surface area contributed by atoms with Crippen molar-refractivity contribution in [2.24, 2.45) is 5.73 Å². The molecule has 0 atom stereocenters. The minimum Gasteiger partial charge on any atom is -0.326 e. The van der Waals surface area contributed by atoms with E-state index in [9.17, 15) is 0 Å². The second-order valence-corrected chi connectivity index (χ2v) is 3.22. The molecule has 0 aromatic carbocycles. The first kappa shape index (κ1) is 9.73. The Balaban J connectivity index is 2.72. The minimum absolute atomic E-state index is 0.473. The van der Waals surface area contributed by atoms with E-state index in [-0.39, 0.29) is 0 Å². The molecule has 0 bridgehead atoms. The number of nitrogens with zero attached hydrogens (tertiary/aromatic N) is 3. The van der Waals surface area contributed by atoms with Gasteiger partial charge in [-0.1, -0.05) is 6.08 Å². The average molecular weight is 200 g/mol. The highest BCUT2D eigenvalue weighted by atomic mass is 14.9. The third-order valence-corrected chi connectivity index (χ3v) is 2.32. The lowest BCUT2D eigenvalue weighted by atomic mass is 10.0. The molecule has 0 saturated carbocycles. The fraction of sp³-hybridized carbons (Fsp3) is 0.182. The van der Waals surface area contributed by atoms with Gasteiger partial charge in [0.15, 0.2) is 5.65 Å². The lowest BCUT2D eigenvalue weighted by Gasteiger charge is -2.07. The summed E-state index contributed by atoms with van der Waals surface area (Å²) >= 11 is 0. The lowest BCUT2D eigenvalue weighted by Crippen LogP contribution is -2.03. The van der Waals surface area contributed by atoms with Crippen LogP contribution >= 0.6 is 0 Å². The van der Waals surface area contributed by atoms with Crippen molar-refractivity contribution in [2.75, 3.05) is 0 Å². The summed E-state index contributed by atoms with van der Waals surface area (Å²) in [6.45, 7) is 4.21. The highest BCUT2D eigenvalue weighted by Gasteiger charge is 2.06. The normalized spacial score (nSPS) is 10.5. The Kier molecular flexibility index (Phi) is 2.69. The van der Waals surface area contributed by atoms with Crippen LogP contribution in [-0.2, 0) is 13.0 Å². The topological polar surface area (TPSA) is 64.7 Å². The molecule has 2 aromatic heterocycles. The van der Waals surface area contributed by atoms with Gasteiger partial charge in [0, 0.05) is 24.3 Å². The summed E-state index contributed by atoms with van der Waals surface area (Å²) in [5.41, 5.74) is 8.51. The molecule has 0 aliphatic heterocycles. The van der Waals surface area contributed by atoms with Crippen LogP contribution < -0.4 is 5.73 Å². The van der Waals surface area contributed by atoms with Crippen molar-refractivity contribution < 1.29 is 0 Å². The Morgan fingerprint density at radius 2 is 2.20 bits per heavy atom. The molecule has 76 valence electrons. The molecule has 0 radical (unpaired) electrons. The molecule has 0 fully saturated rings. The number of aromatic nitrogens is 3. The van der Waals surface area contributed by atoms with Gasteiger partial charge in [-0.3, -0.25) is 0 Å².